The van der Waals surface area contributed by atoms with Gasteiger partial charge in [0.25, 0.3) is 5.91 Å². The van der Waals surface area contributed by atoms with Crippen molar-refractivity contribution in [1.29, 1.82) is 0 Å². The van der Waals surface area contributed by atoms with Crippen LogP contribution in [0.5, 0.6) is 0 Å². The summed E-state index contributed by atoms with van der Waals surface area (Å²) in [5.74, 6) is -1.72. The summed E-state index contributed by atoms with van der Waals surface area (Å²) in [5, 5.41) is 11.7. The quantitative estimate of drug-likeness (QED) is 0.481. The van der Waals surface area contributed by atoms with Gasteiger partial charge < -0.3 is 5.11 Å². The second-order valence-corrected chi connectivity index (χ2v) is 10.1. The zero-order valence-corrected chi connectivity index (χ0v) is 18.8. The predicted octanol–water partition coefficient (Wildman–Crippen LogP) is 5.77. The third-order valence-electron chi connectivity index (χ3n) is 6.84. The number of anilines is 1. The summed E-state index contributed by atoms with van der Waals surface area (Å²) in [6, 6.07) is 10.1. The molecule has 1 amide bonds. The number of thiazole rings is 1. The maximum Gasteiger partial charge on any atom is 0.296 e. The van der Waals surface area contributed by atoms with Crippen LogP contribution in [0.1, 0.15) is 24.4 Å². The molecule has 0 spiro atoms. The van der Waals surface area contributed by atoms with Crippen LogP contribution in [-0.4, -0.2) is 21.8 Å². The van der Waals surface area contributed by atoms with E-state index < -0.39 is 23.5 Å². The number of hydrogen-bond acceptors (Lipinski definition) is 5. The van der Waals surface area contributed by atoms with Gasteiger partial charge in [-0.1, -0.05) is 53.3 Å². The number of benzene rings is 2. The van der Waals surface area contributed by atoms with Gasteiger partial charge in [0.2, 0.25) is 0 Å². The van der Waals surface area contributed by atoms with E-state index in [-0.39, 0.29) is 23.2 Å². The first-order chi connectivity index (χ1) is 15.9. The van der Waals surface area contributed by atoms with Crippen LogP contribution < -0.4 is 4.90 Å². The second-order valence-electron chi connectivity index (χ2n) is 8.73. The molecule has 166 valence electrons. The molecule has 0 saturated heterocycles. The van der Waals surface area contributed by atoms with Crippen LogP contribution in [0.4, 0.5) is 9.52 Å². The lowest BCUT2D eigenvalue weighted by molar-refractivity contribution is -0.120. The van der Waals surface area contributed by atoms with Gasteiger partial charge in [-0.05, 0) is 54.5 Å². The molecule has 1 aliphatic heterocycles. The minimum Gasteiger partial charge on any atom is -0.503 e. The lowest BCUT2D eigenvalue weighted by atomic mass is 9.83. The predicted molar refractivity (Wildman–Crippen MR) is 125 cm³/mol. The van der Waals surface area contributed by atoms with Crippen LogP contribution in [0.3, 0.4) is 0 Å². The van der Waals surface area contributed by atoms with Crippen LogP contribution in [0, 0.1) is 23.6 Å². The number of Topliss-reactive ketones (excluding diaryl/α,β-unsaturated/α-hetero) is 1. The van der Waals surface area contributed by atoms with E-state index in [1.807, 2.05) is 6.07 Å². The van der Waals surface area contributed by atoms with Crippen molar-refractivity contribution in [3.05, 3.63) is 82.4 Å². The number of fused-ring (bicyclic) bond motifs is 3. The highest BCUT2D eigenvalue weighted by Crippen LogP contribution is 2.49. The lowest BCUT2D eigenvalue weighted by Gasteiger charge is -2.26. The van der Waals surface area contributed by atoms with Crippen molar-refractivity contribution in [2.45, 2.75) is 18.9 Å². The van der Waals surface area contributed by atoms with E-state index >= 15 is 0 Å². The number of hydrogen-bond donors (Lipinski definition) is 1. The highest BCUT2D eigenvalue weighted by Gasteiger charge is 2.50. The zero-order chi connectivity index (χ0) is 22.9. The van der Waals surface area contributed by atoms with Crippen molar-refractivity contribution in [3.8, 4) is 0 Å². The Morgan fingerprint density at radius 1 is 1.15 bits per heavy atom. The Morgan fingerprint density at radius 2 is 1.94 bits per heavy atom. The van der Waals surface area contributed by atoms with E-state index in [1.54, 1.807) is 12.1 Å². The third-order valence-corrected chi connectivity index (χ3v) is 8.16. The number of halogens is 2. The molecule has 4 atom stereocenters. The molecule has 3 aromatic rings. The summed E-state index contributed by atoms with van der Waals surface area (Å²) >= 11 is 7.54. The molecule has 2 heterocycles. The molecule has 1 aromatic heterocycles. The number of aliphatic hydroxyl groups excluding tert-OH is 1. The number of para-hydroxylation sites is 1. The molecule has 3 aliphatic rings. The molecule has 2 aromatic carbocycles. The second kappa shape index (κ2) is 7.50. The number of nitrogens with zero attached hydrogens (tertiary/aromatic N) is 2. The first kappa shape index (κ1) is 20.6. The summed E-state index contributed by atoms with van der Waals surface area (Å²) < 4.78 is 14.5. The van der Waals surface area contributed by atoms with Crippen molar-refractivity contribution in [2.24, 2.45) is 17.8 Å². The first-order valence-electron chi connectivity index (χ1n) is 10.7. The summed E-state index contributed by atoms with van der Waals surface area (Å²) in [4.78, 5) is 32.9. The number of carbonyl (C=O) groups excluding carboxylic acids is 2. The molecule has 0 radical (unpaired) electrons. The number of aromatic nitrogens is 1. The lowest BCUT2D eigenvalue weighted by Crippen LogP contribution is -2.32. The Hall–Kier alpha value is -3.03. The van der Waals surface area contributed by atoms with Crippen molar-refractivity contribution in [2.75, 3.05) is 4.90 Å². The molecule has 1 saturated carbocycles. The van der Waals surface area contributed by atoms with Crippen LogP contribution in [0.25, 0.3) is 10.2 Å². The fourth-order valence-corrected chi connectivity index (χ4v) is 6.59. The number of ketones is 1. The number of aliphatic hydroxyl groups is 1. The van der Waals surface area contributed by atoms with Gasteiger partial charge in [0, 0.05) is 5.92 Å². The molecule has 8 heteroatoms. The minimum atomic E-state index is -0.895. The summed E-state index contributed by atoms with van der Waals surface area (Å²) in [7, 11) is 0. The van der Waals surface area contributed by atoms with Crippen molar-refractivity contribution in [1.82, 2.24) is 4.98 Å². The average molecular weight is 481 g/mol. The van der Waals surface area contributed by atoms with E-state index in [1.165, 1.54) is 40.5 Å². The summed E-state index contributed by atoms with van der Waals surface area (Å²) in [5.41, 5.74) is 1.13. The molecule has 33 heavy (non-hydrogen) atoms. The Balaban J connectivity index is 1.48. The summed E-state index contributed by atoms with van der Waals surface area (Å²) in [6.45, 7) is 0. The molecule has 1 N–H and O–H groups in total. The Morgan fingerprint density at radius 3 is 2.61 bits per heavy atom. The van der Waals surface area contributed by atoms with Gasteiger partial charge in [0.1, 0.15) is 11.3 Å². The topological polar surface area (TPSA) is 70.5 Å². The van der Waals surface area contributed by atoms with E-state index in [0.29, 0.717) is 33.6 Å². The van der Waals surface area contributed by atoms with Crippen LogP contribution in [0.15, 0.2) is 65.9 Å². The fraction of sp³-hybridized carbons (Fsp3) is 0.240. The molecule has 1 fully saturated rings. The third kappa shape index (κ3) is 3.14. The average Bonchev–Trinajstić information content (AvgIpc) is 3.58. The van der Waals surface area contributed by atoms with Crippen LogP contribution in [-0.2, 0) is 9.59 Å². The Kier molecular flexibility index (Phi) is 4.67. The number of amides is 1. The van der Waals surface area contributed by atoms with Gasteiger partial charge in [-0.25, -0.2) is 9.37 Å². The van der Waals surface area contributed by atoms with E-state index in [0.717, 1.165) is 11.1 Å². The van der Waals surface area contributed by atoms with Gasteiger partial charge in [-0.15, -0.1) is 0 Å². The van der Waals surface area contributed by atoms with Crippen molar-refractivity contribution < 1.29 is 19.1 Å². The van der Waals surface area contributed by atoms with Crippen LogP contribution >= 0.6 is 22.9 Å². The highest BCUT2D eigenvalue weighted by molar-refractivity contribution is 7.22. The Labute approximate surface area is 197 Å². The largest absolute Gasteiger partial charge is 0.503 e. The van der Waals surface area contributed by atoms with E-state index in [4.69, 9.17) is 11.6 Å². The fourth-order valence-electron chi connectivity index (χ4n) is 5.30. The SMILES string of the molecule is O=C(C1=C(O)C(=O)N(c2nc3c(Cl)cccc3s2)C1c1ccc(F)cc1)C1CC2C=CC1C2. The van der Waals surface area contributed by atoms with E-state index in [9.17, 15) is 19.1 Å². The van der Waals surface area contributed by atoms with Crippen molar-refractivity contribution in [3.63, 3.8) is 0 Å². The van der Waals surface area contributed by atoms with Gasteiger partial charge in [0.15, 0.2) is 16.7 Å². The molecule has 2 bridgehead atoms. The zero-order valence-electron chi connectivity index (χ0n) is 17.2. The maximum absolute atomic E-state index is 13.7. The molecule has 6 rings (SSSR count). The normalized spacial score (nSPS) is 26.2. The van der Waals surface area contributed by atoms with Gasteiger partial charge in [-0.2, -0.15) is 0 Å². The molecular weight excluding hydrogens is 463 g/mol. The standard InChI is InChI=1S/C25H18ClFN2O3S/c26-17-2-1-3-18-20(17)28-25(33-18)29-21(13-6-8-15(27)9-7-13)19(23(31)24(29)32)22(30)16-11-12-4-5-14(16)10-12/h1-9,12,14,16,21,31H,10-11H2. The van der Waals surface area contributed by atoms with Crippen LogP contribution in [0.2, 0.25) is 5.02 Å². The maximum atomic E-state index is 13.7. The molecule has 5 nitrogen and oxygen atoms in total. The Bertz CT molecular complexity index is 1380. The smallest absolute Gasteiger partial charge is 0.296 e. The molecule has 4 unspecified atom stereocenters. The molecule has 2 aliphatic carbocycles. The summed E-state index contributed by atoms with van der Waals surface area (Å²) in [6.07, 6.45) is 5.82. The number of rotatable bonds is 4. The number of carbonyl (C=O) groups is 2. The van der Waals surface area contributed by atoms with Gasteiger partial charge in [0.05, 0.1) is 21.3 Å². The minimum absolute atomic E-state index is 0.0583. The number of allylic oxidation sites excluding steroid dienone is 2. The van der Waals surface area contributed by atoms with Gasteiger partial charge in [-0.3, -0.25) is 14.5 Å². The highest BCUT2D eigenvalue weighted by atomic mass is 35.5. The van der Waals surface area contributed by atoms with Crippen molar-refractivity contribution >= 4 is 50.0 Å². The van der Waals surface area contributed by atoms with Gasteiger partial charge >= 0.3 is 0 Å². The first-order valence-corrected chi connectivity index (χ1v) is 11.9. The monoisotopic (exact) mass is 480 g/mol. The van der Waals surface area contributed by atoms with E-state index in [2.05, 4.69) is 17.1 Å². The molecular formula is C25H18ClFN2O3S.